The summed E-state index contributed by atoms with van der Waals surface area (Å²) in [6, 6.07) is 20.8. The molecular formula is C23H23N5. The lowest BCUT2D eigenvalue weighted by Crippen LogP contribution is -2.21. The second-order valence-electron chi connectivity index (χ2n) is 7.02. The number of pyridine rings is 1. The lowest BCUT2D eigenvalue weighted by atomic mass is 9.98. The molecule has 4 rings (SSSR count). The van der Waals surface area contributed by atoms with Crippen LogP contribution in [0.15, 0.2) is 73.1 Å². The lowest BCUT2D eigenvalue weighted by Gasteiger charge is -2.14. The fourth-order valence-electron chi connectivity index (χ4n) is 3.19. The maximum atomic E-state index is 4.58. The fraction of sp³-hybridized carbons (Fsp3) is 0.174. The zero-order valence-electron chi connectivity index (χ0n) is 16.1. The topological polar surface area (TPSA) is 53.9 Å². The first kappa shape index (κ1) is 18.1. The molecule has 28 heavy (non-hydrogen) atoms. The highest BCUT2D eigenvalue weighted by atomic mass is 15.2. The van der Waals surface area contributed by atoms with Crippen LogP contribution in [0.25, 0.3) is 33.2 Å². The fourth-order valence-corrected chi connectivity index (χ4v) is 3.19. The Morgan fingerprint density at radius 2 is 1.61 bits per heavy atom. The minimum Gasteiger partial charge on any atom is -0.367 e. The molecule has 0 aliphatic rings. The van der Waals surface area contributed by atoms with Gasteiger partial charge in [-0.3, -0.25) is 4.98 Å². The Morgan fingerprint density at radius 3 is 2.39 bits per heavy atom. The summed E-state index contributed by atoms with van der Waals surface area (Å²) in [5.74, 6) is 0.776. The highest BCUT2D eigenvalue weighted by Crippen LogP contribution is 2.32. The van der Waals surface area contributed by atoms with Crippen LogP contribution < -0.4 is 5.32 Å². The zero-order chi connectivity index (χ0) is 19.3. The third-order valence-corrected chi connectivity index (χ3v) is 4.67. The Hall–Kier alpha value is -3.31. The Balaban J connectivity index is 1.76. The van der Waals surface area contributed by atoms with E-state index >= 15 is 0 Å². The molecule has 0 bridgehead atoms. The number of fused-ring (bicyclic) bond motifs is 1. The average Bonchev–Trinajstić information content (AvgIpc) is 2.74. The Bertz CT molecular complexity index is 1080. The second-order valence-corrected chi connectivity index (χ2v) is 7.02. The Kier molecular flexibility index (Phi) is 5.26. The molecule has 0 amide bonds. The first-order valence-electron chi connectivity index (χ1n) is 9.36. The number of nitrogens with one attached hydrogen (secondary N) is 1. The van der Waals surface area contributed by atoms with Crippen LogP contribution in [0.5, 0.6) is 0 Å². The van der Waals surface area contributed by atoms with E-state index in [9.17, 15) is 0 Å². The van der Waals surface area contributed by atoms with Crippen LogP contribution >= 0.6 is 0 Å². The van der Waals surface area contributed by atoms with E-state index in [1.807, 2.05) is 12.1 Å². The van der Waals surface area contributed by atoms with Gasteiger partial charge in [-0.1, -0.05) is 36.4 Å². The summed E-state index contributed by atoms with van der Waals surface area (Å²) >= 11 is 0. The highest BCUT2D eigenvalue weighted by Gasteiger charge is 2.12. The predicted octanol–water partition coefficient (Wildman–Crippen LogP) is 4.33. The summed E-state index contributed by atoms with van der Waals surface area (Å²) in [4.78, 5) is 6.28. The van der Waals surface area contributed by atoms with E-state index in [2.05, 4.69) is 88.0 Å². The van der Waals surface area contributed by atoms with Gasteiger partial charge in [0.05, 0.1) is 0 Å². The van der Waals surface area contributed by atoms with Gasteiger partial charge in [-0.05, 0) is 54.7 Å². The molecule has 0 fully saturated rings. The van der Waals surface area contributed by atoms with E-state index in [1.165, 1.54) is 10.8 Å². The van der Waals surface area contributed by atoms with Gasteiger partial charge in [0.1, 0.15) is 11.5 Å². The SMILES string of the molecule is CN(C)CCNc1cc(-c2ccncc2)c(-c2ccc3ccccc3c2)nn1. The molecule has 2 aromatic carbocycles. The summed E-state index contributed by atoms with van der Waals surface area (Å²) < 4.78 is 0. The van der Waals surface area contributed by atoms with Crippen LogP contribution in [0, 0.1) is 0 Å². The first-order valence-corrected chi connectivity index (χ1v) is 9.36. The molecule has 5 heteroatoms. The van der Waals surface area contributed by atoms with Gasteiger partial charge in [0.2, 0.25) is 0 Å². The predicted molar refractivity (Wildman–Crippen MR) is 115 cm³/mol. The molecule has 0 radical (unpaired) electrons. The molecule has 5 nitrogen and oxygen atoms in total. The van der Waals surface area contributed by atoms with Gasteiger partial charge >= 0.3 is 0 Å². The van der Waals surface area contributed by atoms with Crippen LogP contribution in [0.4, 0.5) is 5.82 Å². The van der Waals surface area contributed by atoms with Crippen molar-refractivity contribution < 1.29 is 0 Å². The summed E-state index contributed by atoms with van der Waals surface area (Å²) in [6.07, 6.45) is 3.61. The number of benzene rings is 2. The van der Waals surface area contributed by atoms with Gasteiger partial charge in [0.25, 0.3) is 0 Å². The van der Waals surface area contributed by atoms with Crippen molar-refractivity contribution in [2.75, 3.05) is 32.5 Å². The molecule has 4 aromatic rings. The van der Waals surface area contributed by atoms with Crippen molar-refractivity contribution in [2.24, 2.45) is 0 Å². The van der Waals surface area contributed by atoms with Crippen molar-refractivity contribution in [2.45, 2.75) is 0 Å². The molecule has 0 saturated heterocycles. The molecule has 0 spiro atoms. The molecule has 0 unspecified atom stereocenters. The largest absolute Gasteiger partial charge is 0.367 e. The molecule has 0 atom stereocenters. The molecule has 1 N–H and O–H groups in total. The van der Waals surface area contributed by atoms with E-state index in [0.717, 1.165) is 41.3 Å². The average molecular weight is 369 g/mol. The maximum absolute atomic E-state index is 4.58. The van der Waals surface area contributed by atoms with E-state index in [4.69, 9.17) is 0 Å². The van der Waals surface area contributed by atoms with Crippen molar-refractivity contribution >= 4 is 16.6 Å². The summed E-state index contributed by atoms with van der Waals surface area (Å²) in [5.41, 5.74) is 4.04. The molecule has 140 valence electrons. The molecule has 0 aliphatic carbocycles. The number of hydrogen-bond acceptors (Lipinski definition) is 5. The van der Waals surface area contributed by atoms with E-state index in [1.54, 1.807) is 12.4 Å². The molecular weight excluding hydrogens is 346 g/mol. The Labute approximate surface area is 165 Å². The monoisotopic (exact) mass is 369 g/mol. The van der Waals surface area contributed by atoms with Gasteiger partial charge in [-0.2, -0.15) is 0 Å². The molecule has 2 aromatic heterocycles. The molecule has 2 heterocycles. The van der Waals surface area contributed by atoms with Crippen molar-refractivity contribution in [1.82, 2.24) is 20.1 Å². The van der Waals surface area contributed by atoms with E-state index in [0.29, 0.717) is 0 Å². The van der Waals surface area contributed by atoms with Gasteiger partial charge in [-0.25, -0.2) is 0 Å². The number of rotatable bonds is 6. The van der Waals surface area contributed by atoms with Crippen LogP contribution in [0.3, 0.4) is 0 Å². The normalized spacial score (nSPS) is 11.1. The quantitative estimate of drug-likeness (QED) is 0.548. The number of anilines is 1. The number of aromatic nitrogens is 3. The third kappa shape index (κ3) is 4.00. The lowest BCUT2D eigenvalue weighted by molar-refractivity contribution is 0.425. The highest BCUT2D eigenvalue weighted by molar-refractivity contribution is 5.90. The van der Waals surface area contributed by atoms with E-state index < -0.39 is 0 Å². The zero-order valence-corrected chi connectivity index (χ0v) is 16.1. The smallest absolute Gasteiger partial charge is 0.149 e. The Morgan fingerprint density at radius 1 is 0.821 bits per heavy atom. The summed E-state index contributed by atoms with van der Waals surface area (Å²) in [7, 11) is 4.11. The van der Waals surface area contributed by atoms with Crippen molar-refractivity contribution in [3.05, 3.63) is 73.1 Å². The number of likely N-dealkylation sites (N-methyl/N-ethyl adjacent to an activating group) is 1. The van der Waals surface area contributed by atoms with Crippen molar-refractivity contribution in [3.63, 3.8) is 0 Å². The van der Waals surface area contributed by atoms with Crippen molar-refractivity contribution in [3.8, 4) is 22.4 Å². The standard InChI is InChI=1S/C23H23N5/c1-28(2)14-13-25-22-16-21(18-9-11-24-12-10-18)23(27-26-22)20-8-7-17-5-3-4-6-19(17)15-20/h3-12,15-16H,13-14H2,1-2H3,(H,25,26). The maximum Gasteiger partial charge on any atom is 0.149 e. The van der Waals surface area contributed by atoms with E-state index in [-0.39, 0.29) is 0 Å². The van der Waals surface area contributed by atoms with Gasteiger partial charge in [-0.15, -0.1) is 10.2 Å². The molecule has 0 aliphatic heterocycles. The number of nitrogens with zero attached hydrogens (tertiary/aromatic N) is 4. The van der Waals surface area contributed by atoms with Gasteiger partial charge in [0, 0.05) is 36.6 Å². The summed E-state index contributed by atoms with van der Waals surface area (Å²) in [6.45, 7) is 1.74. The minimum absolute atomic E-state index is 0.776. The first-order chi connectivity index (χ1) is 13.7. The minimum atomic E-state index is 0.776. The van der Waals surface area contributed by atoms with Gasteiger partial charge < -0.3 is 10.2 Å². The summed E-state index contributed by atoms with van der Waals surface area (Å²) in [5, 5.41) is 14.8. The number of hydrogen-bond donors (Lipinski definition) is 1. The molecule has 0 saturated carbocycles. The van der Waals surface area contributed by atoms with Gasteiger partial charge in [0.15, 0.2) is 0 Å². The van der Waals surface area contributed by atoms with Crippen LogP contribution in [-0.4, -0.2) is 47.3 Å². The van der Waals surface area contributed by atoms with Crippen molar-refractivity contribution in [1.29, 1.82) is 0 Å². The van der Waals surface area contributed by atoms with Crippen LogP contribution in [0.2, 0.25) is 0 Å². The van der Waals surface area contributed by atoms with Crippen LogP contribution in [0.1, 0.15) is 0 Å². The van der Waals surface area contributed by atoms with Crippen LogP contribution in [-0.2, 0) is 0 Å². The third-order valence-electron chi connectivity index (χ3n) is 4.67. The second kappa shape index (κ2) is 8.15.